The summed E-state index contributed by atoms with van der Waals surface area (Å²) in [5, 5.41) is 21.7. The first kappa shape index (κ1) is 22.4. The van der Waals surface area contributed by atoms with Crippen molar-refractivity contribution >= 4 is 36.3 Å². The number of nitrogens with zero attached hydrogens (tertiary/aromatic N) is 2. The van der Waals surface area contributed by atoms with Crippen molar-refractivity contribution in [2.45, 2.75) is 62.9 Å². The summed E-state index contributed by atoms with van der Waals surface area (Å²) in [4.78, 5) is 52.0. The molecule has 2 aliphatic rings. The van der Waals surface area contributed by atoms with Gasteiger partial charge in [0.05, 0.1) is 12.1 Å². The van der Waals surface area contributed by atoms with Gasteiger partial charge in [0.1, 0.15) is 18.1 Å². The summed E-state index contributed by atoms with van der Waals surface area (Å²) < 4.78 is 0. The highest BCUT2D eigenvalue weighted by atomic mass is 32.1. The molecule has 2 rings (SSSR count). The number of amides is 3. The van der Waals surface area contributed by atoms with Gasteiger partial charge in [-0.25, -0.2) is 4.79 Å². The summed E-state index contributed by atoms with van der Waals surface area (Å²) in [5.74, 6) is -2.60. The quantitative estimate of drug-likeness (QED) is 0.306. The molecule has 5 N–H and O–H groups in total. The summed E-state index contributed by atoms with van der Waals surface area (Å²) in [7, 11) is 0. The van der Waals surface area contributed by atoms with Gasteiger partial charge in [-0.2, -0.15) is 12.6 Å². The third kappa shape index (κ3) is 4.76. The van der Waals surface area contributed by atoms with Crippen LogP contribution in [0.4, 0.5) is 0 Å². The van der Waals surface area contributed by atoms with Crippen LogP contribution in [0.2, 0.25) is 0 Å². The Bertz CT molecular complexity index is 631. The Morgan fingerprint density at radius 1 is 1.14 bits per heavy atom. The first-order chi connectivity index (χ1) is 13.2. The minimum atomic E-state index is -1.25. The van der Waals surface area contributed by atoms with Crippen molar-refractivity contribution in [2.24, 2.45) is 5.73 Å². The molecule has 2 saturated heterocycles. The molecule has 0 aromatic heterocycles. The number of aliphatic carboxylic acids is 1. The van der Waals surface area contributed by atoms with Crippen LogP contribution in [-0.4, -0.2) is 92.8 Å². The van der Waals surface area contributed by atoms with Crippen molar-refractivity contribution in [1.29, 1.82) is 0 Å². The Morgan fingerprint density at radius 3 is 2.25 bits per heavy atom. The van der Waals surface area contributed by atoms with Gasteiger partial charge in [-0.05, 0) is 32.6 Å². The number of likely N-dealkylation sites (tertiary alicyclic amines) is 2. The SMILES string of the molecule is CC(O)C(NC(=O)C(N)CS)C(=O)N1CCCC1C(=O)N1CCCC1C(=O)O. The highest BCUT2D eigenvalue weighted by Gasteiger charge is 2.44. The standard InChI is InChI=1S/C17H28N4O6S/c1-9(22)13(19-14(23)10(18)8-28)16(25)20-6-2-4-11(20)15(24)21-7-3-5-12(21)17(26)27/h9-13,22,28H,2-8,18H2,1H3,(H,19,23)(H,26,27). The molecule has 0 bridgehead atoms. The van der Waals surface area contributed by atoms with Gasteiger partial charge in [0, 0.05) is 18.8 Å². The van der Waals surface area contributed by atoms with Gasteiger partial charge in [-0.15, -0.1) is 0 Å². The Balaban J connectivity index is 2.14. The second kappa shape index (κ2) is 9.57. The molecule has 5 unspecified atom stereocenters. The number of carbonyl (C=O) groups excluding carboxylic acids is 3. The molecule has 2 heterocycles. The van der Waals surface area contributed by atoms with Crippen molar-refractivity contribution in [3.8, 4) is 0 Å². The zero-order valence-electron chi connectivity index (χ0n) is 15.8. The third-order valence-electron chi connectivity index (χ3n) is 5.22. The Hall–Kier alpha value is -1.85. The van der Waals surface area contributed by atoms with Crippen LogP contribution in [0.3, 0.4) is 0 Å². The highest BCUT2D eigenvalue weighted by molar-refractivity contribution is 7.80. The number of aliphatic hydroxyl groups excluding tert-OH is 1. The highest BCUT2D eigenvalue weighted by Crippen LogP contribution is 2.25. The first-order valence-corrected chi connectivity index (χ1v) is 10.0. The molecule has 0 aliphatic carbocycles. The molecule has 3 amide bonds. The molecule has 0 aromatic rings. The van der Waals surface area contributed by atoms with Crippen LogP contribution in [0.25, 0.3) is 0 Å². The van der Waals surface area contributed by atoms with E-state index in [9.17, 15) is 29.4 Å². The molecule has 0 aromatic carbocycles. The number of rotatable bonds is 7. The fourth-order valence-electron chi connectivity index (χ4n) is 3.68. The van der Waals surface area contributed by atoms with E-state index < -0.39 is 54.0 Å². The molecule has 2 fully saturated rings. The zero-order valence-corrected chi connectivity index (χ0v) is 16.7. The van der Waals surface area contributed by atoms with Gasteiger partial charge >= 0.3 is 5.97 Å². The first-order valence-electron chi connectivity index (χ1n) is 9.37. The zero-order chi connectivity index (χ0) is 21.0. The summed E-state index contributed by atoms with van der Waals surface area (Å²) in [6.45, 7) is 1.99. The summed E-state index contributed by atoms with van der Waals surface area (Å²) in [5.41, 5.74) is 5.61. The fraction of sp³-hybridized carbons (Fsp3) is 0.765. The largest absolute Gasteiger partial charge is 0.480 e. The lowest BCUT2D eigenvalue weighted by Crippen LogP contribution is -2.59. The second-order valence-corrected chi connectivity index (χ2v) is 7.60. The van der Waals surface area contributed by atoms with Gasteiger partial charge in [0.15, 0.2) is 0 Å². The Kier molecular flexibility index (Phi) is 7.67. The van der Waals surface area contributed by atoms with E-state index in [-0.39, 0.29) is 5.75 Å². The predicted octanol–water partition coefficient (Wildman–Crippen LogP) is -1.82. The van der Waals surface area contributed by atoms with Crippen LogP contribution in [0, 0.1) is 0 Å². The van der Waals surface area contributed by atoms with Crippen LogP contribution < -0.4 is 11.1 Å². The van der Waals surface area contributed by atoms with Gasteiger partial charge in [0.25, 0.3) is 0 Å². The van der Waals surface area contributed by atoms with E-state index in [4.69, 9.17) is 5.73 Å². The minimum absolute atomic E-state index is 0.0723. The summed E-state index contributed by atoms with van der Waals surface area (Å²) in [6, 6.07) is -3.87. The van der Waals surface area contributed by atoms with Crippen molar-refractivity contribution in [3.63, 3.8) is 0 Å². The molecule has 0 radical (unpaired) electrons. The predicted molar refractivity (Wildman–Crippen MR) is 103 cm³/mol. The molecule has 28 heavy (non-hydrogen) atoms. The van der Waals surface area contributed by atoms with Gasteiger partial charge in [-0.3, -0.25) is 14.4 Å². The maximum Gasteiger partial charge on any atom is 0.326 e. The van der Waals surface area contributed by atoms with E-state index in [0.717, 1.165) is 0 Å². The second-order valence-electron chi connectivity index (χ2n) is 7.23. The van der Waals surface area contributed by atoms with Crippen LogP contribution in [0.5, 0.6) is 0 Å². The van der Waals surface area contributed by atoms with Crippen molar-refractivity contribution < 1.29 is 29.4 Å². The molecular weight excluding hydrogens is 388 g/mol. The normalized spacial score (nSPS) is 25.3. The van der Waals surface area contributed by atoms with Crippen LogP contribution in [0.1, 0.15) is 32.6 Å². The molecule has 0 saturated carbocycles. The van der Waals surface area contributed by atoms with Crippen molar-refractivity contribution in [3.05, 3.63) is 0 Å². The fourth-order valence-corrected chi connectivity index (χ4v) is 3.84. The number of carboxylic acid groups (broad SMARTS) is 1. The average Bonchev–Trinajstić information content (AvgIpc) is 3.33. The molecule has 158 valence electrons. The molecule has 0 spiro atoms. The molecule has 5 atom stereocenters. The average molecular weight is 417 g/mol. The Morgan fingerprint density at radius 2 is 1.71 bits per heavy atom. The van der Waals surface area contributed by atoms with E-state index >= 15 is 0 Å². The minimum Gasteiger partial charge on any atom is -0.480 e. The van der Waals surface area contributed by atoms with E-state index in [1.54, 1.807) is 0 Å². The van der Waals surface area contributed by atoms with E-state index in [0.29, 0.717) is 38.8 Å². The van der Waals surface area contributed by atoms with E-state index in [2.05, 4.69) is 17.9 Å². The monoisotopic (exact) mass is 416 g/mol. The van der Waals surface area contributed by atoms with Crippen LogP contribution in [-0.2, 0) is 19.2 Å². The van der Waals surface area contributed by atoms with Crippen LogP contribution in [0.15, 0.2) is 0 Å². The maximum atomic E-state index is 13.0. The molecular formula is C17H28N4O6S. The lowest BCUT2D eigenvalue weighted by Gasteiger charge is -2.33. The topological polar surface area (TPSA) is 153 Å². The number of hydrogen-bond donors (Lipinski definition) is 5. The third-order valence-corrected chi connectivity index (χ3v) is 5.61. The molecule has 10 nitrogen and oxygen atoms in total. The lowest BCUT2D eigenvalue weighted by atomic mass is 10.1. The summed E-state index contributed by atoms with van der Waals surface area (Å²) >= 11 is 3.94. The molecule has 2 aliphatic heterocycles. The number of carboxylic acids is 1. The smallest absolute Gasteiger partial charge is 0.326 e. The van der Waals surface area contributed by atoms with Gasteiger partial charge in [-0.1, -0.05) is 0 Å². The maximum absolute atomic E-state index is 13.0. The van der Waals surface area contributed by atoms with Crippen molar-refractivity contribution in [2.75, 3.05) is 18.8 Å². The van der Waals surface area contributed by atoms with Crippen LogP contribution >= 0.6 is 12.6 Å². The summed E-state index contributed by atoms with van der Waals surface area (Å²) in [6.07, 6.45) is 0.764. The van der Waals surface area contributed by atoms with E-state index in [1.807, 2.05) is 0 Å². The number of nitrogens with two attached hydrogens (primary N) is 1. The van der Waals surface area contributed by atoms with Crippen molar-refractivity contribution in [1.82, 2.24) is 15.1 Å². The number of carbonyl (C=O) groups is 4. The van der Waals surface area contributed by atoms with E-state index in [1.165, 1.54) is 16.7 Å². The molecule has 11 heteroatoms. The number of thiol groups is 1. The number of nitrogens with one attached hydrogen (secondary N) is 1. The number of aliphatic hydroxyl groups is 1. The Labute approximate surface area is 168 Å². The van der Waals surface area contributed by atoms with Gasteiger partial charge in [0.2, 0.25) is 17.7 Å². The van der Waals surface area contributed by atoms with Gasteiger partial charge < -0.3 is 31.1 Å². The number of hydrogen-bond acceptors (Lipinski definition) is 7. The lowest BCUT2D eigenvalue weighted by molar-refractivity contribution is -0.152.